The molecule has 22 heavy (non-hydrogen) atoms. The molecular weight excluding hydrogens is 284 g/mol. The largest absolute Gasteiger partial charge is 0.508 e. The van der Waals surface area contributed by atoms with Crippen LogP contribution in [0.1, 0.15) is 5.56 Å². The Kier molecular flexibility index (Phi) is 3.47. The van der Waals surface area contributed by atoms with E-state index in [-0.39, 0.29) is 16.9 Å². The Morgan fingerprint density at radius 3 is 2.41 bits per heavy atom. The average Bonchev–Trinajstić information content (AvgIpc) is 2.54. The molecule has 0 aliphatic heterocycles. The molecule has 3 rings (SSSR count). The smallest absolute Gasteiger partial charge is 0.235 e. The number of hydrogen-bond acceptors (Lipinski definition) is 5. The molecule has 1 heterocycles. The summed E-state index contributed by atoms with van der Waals surface area (Å²) in [5, 5.41) is 10.0. The van der Waals surface area contributed by atoms with Crippen LogP contribution in [0.5, 0.6) is 23.0 Å². The number of phenols is 1. The van der Waals surface area contributed by atoms with Crippen LogP contribution in [0.4, 0.5) is 0 Å². The van der Waals surface area contributed by atoms with E-state index in [0.717, 1.165) is 0 Å². The van der Waals surface area contributed by atoms with E-state index >= 15 is 0 Å². The van der Waals surface area contributed by atoms with E-state index in [1.54, 1.807) is 38.3 Å². The molecule has 0 spiro atoms. The number of fused-ring (bicyclic) bond motifs is 1. The molecule has 0 amide bonds. The molecule has 0 unspecified atom stereocenters. The van der Waals surface area contributed by atoms with E-state index in [1.165, 1.54) is 18.4 Å². The van der Waals surface area contributed by atoms with Crippen molar-refractivity contribution >= 4 is 11.0 Å². The van der Waals surface area contributed by atoms with Crippen LogP contribution in [0.3, 0.4) is 0 Å². The molecule has 5 heteroatoms. The first-order chi connectivity index (χ1) is 10.6. The van der Waals surface area contributed by atoms with Crippen LogP contribution in [0.15, 0.2) is 51.9 Å². The fraction of sp³-hybridized carbons (Fsp3) is 0.118. The Morgan fingerprint density at radius 2 is 1.73 bits per heavy atom. The first-order valence-corrected chi connectivity index (χ1v) is 6.66. The first-order valence-electron chi connectivity index (χ1n) is 6.66. The number of ether oxygens (including phenoxy) is 2. The summed E-state index contributed by atoms with van der Waals surface area (Å²) in [5.74, 6) is 1.37. The van der Waals surface area contributed by atoms with Crippen LogP contribution in [-0.4, -0.2) is 12.2 Å². The third-order valence-electron chi connectivity index (χ3n) is 3.42. The zero-order valence-corrected chi connectivity index (χ0v) is 12.1. The highest BCUT2D eigenvalue weighted by molar-refractivity contribution is 5.82. The SMILES string of the molecule is COc1ccc(Oc2coc3c(C)c(O)ccc3c2=O)cc1. The van der Waals surface area contributed by atoms with Crippen LogP contribution in [0, 0.1) is 6.92 Å². The number of aryl methyl sites for hydroxylation is 1. The number of hydrogen-bond donors (Lipinski definition) is 1. The van der Waals surface area contributed by atoms with Gasteiger partial charge in [-0.3, -0.25) is 4.79 Å². The first kappa shape index (κ1) is 14.0. The molecule has 1 aromatic heterocycles. The minimum Gasteiger partial charge on any atom is -0.508 e. The van der Waals surface area contributed by atoms with Gasteiger partial charge in [-0.05, 0) is 43.3 Å². The van der Waals surface area contributed by atoms with E-state index in [2.05, 4.69) is 0 Å². The zero-order valence-electron chi connectivity index (χ0n) is 12.1. The molecule has 0 atom stereocenters. The van der Waals surface area contributed by atoms with Crippen molar-refractivity contribution in [1.29, 1.82) is 0 Å². The monoisotopic (exact) mass is 298 g/mol. The molecule has 0 fully saturated rings. The minimum absolute atomic E-state index is 0.0828. The van der Waals surface area contributed by atoms with Crippen molar-refractivity contribution in [3.05, 3.63) is 58.4 Å². The lowest BCUT2D eigenvalue weighted by Gasteiger charge is -2.08. The van der Waals surface area contributed by atoms with Gasteiger partial charge in [0, 0.05) is 5.56 Å². The molecule has 112 valence electrons. The van der Waals surface area contributed by atoms with Crippen molar-refractivity contribution in [3.8, 4) is 23.0 Å². The van der Waals surface area contributed by atoms with Gasteiger partial charge in [-0.15, -0.1) is 0 Å². The van der Waals surface area contributed by atoms with Gasteiger partial charge >= 0.3 is 0 Å². The van der Waals surface area contributed by atoms with Crippen LogP contribution < -0.4 is 14.9 Å². The van der Waals surface area contributed by atoms with Crippen molar-refractivity contribution in [2.24, 2.45) is 0 Å². The van der Waals surface area contributed by atoms with Gasteiger partial charge < -0.3 is 19.0 Å². The molecule has 3 aromatic rings. The molecular formula is C17H14O5. The standard InChI is InChI=1S/C17H14O5/c1-10-14(18)8-7-13-16(19)15(9-21-17(10)13)22-12-5-3-11(20-2)4-6-12/h3-9,18H,1-2H3. The van der Waals surface area contributed by atoms with Gasteiger partial charge in [0.25, 0.3) is 0 Å². The van der Waals surface area contributed by atoms with Gasteiger partial charge in [-0.2, -0.15) is 0 Å². The fourth-order valence-corrected chi connectivity index (χ4v) is 2.15. The molecule has 2 aromatic carbocycles. The summed E-state index contributed by atoms with van der Waals surface area (Å²) in [6.07, 6.45) is 1.25. The Bertz CT molecular complexity index is 878. The Hall–Kier alpha value is -2.95. The fourth-order valence-electron chi connectivity index (χ4n) is 2.15. The van der Waals surface area contributed by atoms with E-state index in [9.17, 15) is 9.90 Å². The third kappa shape index (κ3) is 2.37. The van der Waals surface area contributed by atoms with Crippen molar-refractivity contribution < 1.29 is 19.0 Å². The summed E-state index contributed by atoms with van der Waals surface area (Å²) in [6, 6.07) is 9.85. The highest BCUT2D eigenvalue weighted by Crippen LogP contribution is 2.27. The van der Waals surface area contributed by atoms with Gasteiger partial charge in [0.15, 0.2) is 0 Å². The summed E-state index contributed by atoms with van der Waals surface area (Å²) in [5.41, 5.74) is 0.581. The van der Waals surface area contributed by atoms with Crippen LogP contribution >= 0.6 is 0 Å². The van der Waals surface area contributed by atoms with Gasteiger partial charge in [0.1, 0.15) is 29.1 Å². The van der Waals surface area contributed by atoms with Crippen molar-refractivity contribution in [2.75, 3.05) is 7.11 Å². The second-order valence-electron chi connectivity index (χ2n) is 4.79. The van der Waals surface area contributed by atoms with E-state index in [1.807, 2.05) is 0 Å². The van der Waals surface area contributed by atoms with E-state index in [0.29, 0.717) is 28.0 Å². The Balaban J connectivity index is 2.02. The Morgan fingerprint density at radius 1 is 1.05 bits per heavy atom. The average molecular weight is 298 g/mol. The minimum atomic E-state index is -0.292. The zero-order chi connectivity index (χ0) is 15.7. The molecule has 0 radical (unpaired) electrons. The molecule has 0 bridgehead atoms. The number of methoxy groups -OCH3 is 1. The Labute approximate surface area is 126 Å². The van der Waals surface area contributed by atoms with E-state index < -0.39 is 0 Å². The lowest BCUT2D eigenvalue weighted by atomic mass is 10.1. The second kappa shape index (κ2) is 5.44. The lowest BCUT2D eigenvalue weighted by molar-refractivity contribution is 0.412. The molecule has 5 nitrogen and oxygen atoms in total. The number of benzene rings is 2. The van der Waals surface area contributed by atoms with Crippen LogP contribution in [0.25, 0.3) is 11.0 Å². The summed E-state index contributed by atoms with van der Waals surface area (Å²) in [7, 11) is 1.57. The predicted molar refractivity (Wildman–Crippen MR) is 82.0 cm³/mol. The lowest BCUT2D eigenvalue weighted by Crippen LogP contribution is -2.05. The highest BCUT2D eigenvalue weighted by Gasteiger charge is 2.12. The maximum atomic E-state index is 12.4. The van der Waals surface area contributed by atoms with E-state index in [4.69, 9.17) is 13.9 Å². The maximum absolute atomic E-state index is 12.4. The molecule has 0 aliphatic carbocycles. The third-order valence-corrected chi connectivity index (χ3v) is 3.42. The molecule has 0 saturated carbocycles. The molecule has 0 saturated heterocycles. The normalized spacial score (nSPS) is 10.6. The topological polar surface area (TPSA) is 68.9 Å². The van der Waals surface area contributed by atoms with Gasteiger partial charge in [-0.1, -0.05) is 0 Å². The quantitative estimate of drug-likeness (QED) is 0.800. The van der Waals surface area contributed by atoms with Gasteiger partial charge in [0.2, 0.25) is 11.2 Å². The van der Waals surface area contributed by atoms with Crippen LogP contribution in [0.2, 0.25) is 0 Å². The molecule has 1 N–H and O–H groups in total. The van der Waals surface area contributed by atoms with Gasteiger partial charge in [0.05, 0.1) is 12.5 Å². The predicted octanol–water partition coefficient (Wildman–Crippen LogP) is 3.61. The number of phenolic OH excluding ortho intramolecular Hbond substituents is 1. The van der Waals surface area contributed by atoms with Crippen molar-refractivity contribution in [3.63, 3.8) is 0 Å². The summed E-state index contributed by atoms with van der Waals surface area (Å²) < 4.78 is 16.1. The summed E-state index contributed by atoms with van der Waals surface area (Å²) >= 11 is 0. The number of aromatic hydroxyl groups is 1. The molecule has 0 aliphatic rings. The summed E-state index contributed by atoms with van der Waals surface area (Å²) in [6.45, 7) is 1.69. The van der Waals surface area contributed by atoms with Gasteiger partial charge in [-0.25, -0.2) is 0 Å². The highest BCUT2D eigenvalue weighted by atomic mass is 16.5. The maximum Gasteiger partial charge on any atom is 0.235 e. The second-order valence-corrected chi connectivity index (χ2v) is 4.79. The van der Waals surface area contributed by atoms with Crippen LogP contribution in [-0.2, 0) is 0 Å². The summed E-state index contributed by atoms with van der Waals surface area (Å²) in [4.78, 5) is 12.4. The van der Waals surface area contributed by atoms with Crippen molar-refractivity contribution in [2.45, 2.75) is 6.92 Å². The van der Waals surface area contributed by atoms with Crippen molar-refractivity contribution in [1.82, 2.24) is 0 Å². The number of rotatable bonds is 3.